The molecule has 3 atom stereocenters. The lowest BCUT2D eigenvalue weighted by molar-refractivity contribution is -0.140. The van der Waals surface area contributed by atoms with E-state index >= 15 is 0 Å². The molecule has 17 heteroatoms. The van der Waals surface area contributed by atoms with Crippen molar-refractivity contribution in [1.29, 1.82) is 0 Å². The standard InChI is InChI=1S/C23H24F6N8O3/c1-12(37-16-10-32-33-20(39)18(16)19(34-37)23(27,28)29)11-40-7-4-17(38)35-5-2-15-14(35)3-6-36(15)21-30-8-13(9-31-21)22(24,25)26/h8-10,12,14-15H,2-7,11H2,1H3,(H,33,39). The van der Waals surface area contributed by atoms with Gasteiger partial charge < -0.3 is 14.5 Å². The Morgan fingerprint density at radius 2 is 1.77 bits per heavy atom. The number of amides is 1. The first-order valence-electron chi connectivity index (χ1n) is 12.4. The highest BCUT2D eigenvalue weighted by atomic mass is 19.4. The zero-order chi connectivity index (χ0) is 28.8. The third kappa shape index (κ3) is 5.21. The predicted octanol–water partition coefficient (Wildman–Crippen LogP) is 2.79. The first kappa shape index (κ1) is 27.8. The number of anilines is 1. The molecule has 0 bridgehead atoms. The van der Waals surface area contributed by atoms with E-state index in [0.29, 0.717) is 25.9 Å². The van der Waals surface area contributed by atoms with Crippen LogP contribution in [0, 0.1) is 0 Å². The third-order valence-corrected chi connectivity index (χ3v) is 7.15. The van der Waals surface area contributed by atoms with Crippen LogP contribution in [0.15, 0.2) is 23.4 Å². The van der Waals surface area contributed by atoms with E-state index in [-0.39, 0.29) is 49.1 Å². The van der Waals surface area contributed by atoms with Crippen molar-refractivity contribution in [2.45, 2.75) is 56.7 Å². The van der Waals surface area contributed by atoms with Gasteiger partial charge in [0.25, 0.3) is 5.56 Å². The molecule has 3 aromatic rings. The number of H-pyrrole nitrogens is 1. The van der Waals surface area contributed by atoms with Crippen molar-refractivity contribution < 1.29 is 35.9 Å². The lowest BCUT2D eigenvalue weighted by atomic mass is 10.1. The van der Waals surface area contributed by atoms with Crippen molar-refractivity contribution in [1.82, 2.24) is 34.8 Å². The van der Waals surface area contributed by atoms with Crippen molar-refractivity contribution in [3.8, 4) is 0 Å². The molecule has 2 aliphatic rings. The summed E-state index contributed by atoms with van der Waals surface area (Å²) in [5, 5.41) is 8.53. The molecule has 0 aromatic carbocycles. The number of fused-ring (bicyclic) bond motifs is 2. The van der Waals surface area contributed by atoms with Crippen molar-refractivity contribution in [3.63, 3.8) is 0 Å². The molecular formula is C23H24F6N8O3. The van der Waals surface area contributed by atoms with Gasteiger partial charge in [-0.25, -0.2) is 15.1 Å². The number of rotatable bonds is 7. The summed E-state index contributed by atoms with van der Waals surface area (Å²) in [5.41, 5.74) is -3.34. The van der Waals surface area contributed by atoms with Crippen LogP contribution in [0.25, 0.3) is 10.9 Å². The number of hydrogen-bond acceptors (Lipinski definition) is 8. The number of carbonyl (C=O) groups is 1. The fourth-order valence-electron chi connectivity index (χ4n) is 5.33. The lowest BCUT2D eigenvalue weighted by Crippen LogP contribution is -2.40. The monoisotopic (exact) mass is 574 g/mol. The number of nitrogens with zero attached hydrogens (tertiary/aromatic N) is 7. The maximum absolute atomic E-state index is 13.4. The van der Waals surface area contributed by atoms with Crippen LogP contribution in [0.1, 0.15) is 43.5 Å². The highest BCUT2D eigenvalue weighted by molar-refractivity contribution is 5.80. The molecule has 0 aliphatic carbocycles. The summed E-state index contributed by atoms with van der Waals surface area (Å²) in [7, 11) is 0. The molecule has 1 amide bonds. The summed E-state index contributed by atoms with van der Waals surface area (Å²) >= 11 is 0. The van der Waals surface area contributed by atoms with Crippen molar-refractivity contribution >= 4 is 22.8 Å². The van der Waals surface area contributed by atoms with Gasteiger partial charge in [-0.15, -0.1) is 0 Å². The molecule has 216 valence electrons. The van der Waals surface area contributed by atoms with Crippen LogP contribution in [0.5, 0.6) is 0 Å². The fraction of sp³-hybridized carbons (Fsp3) is 0.565. The average molecular weight is 574 g/mol. The van der Waals surface area contributed by atoms with Gasteiger partial charge in [0, 0.05) is 25.5 Å². The molecule has 0 saturated carbocycles. The zero-order valence-corrected chi connectivity index (χ0v) is 21.0. The van der Waals surface area contributed by atoms with E-state index in [2.05, 4.69) is 20.2 Å². The number of likely N-dealkylation sites (tertiary alicyclic amines) is 1. The Bertz CT molecular complexity index is 1440. The predicted molar refractivity (Wildman–Crippen MR) is 126 cm³/mol. The number of ether oxygens (including phenoxy) is 1. The Labute approximate surface area is 222 Å². The second-order valence-corrected chi connectivity index (χ2v) is 9.69. The SMILES string of the molecule is CC(COCCC(=O)N1CCC2C1CCN2c1ncc(C(F)(F)F)cn1)n1nc(C(F)(F)F)c2c(=O)[nH]ncc21. The molecule has 5 heterocycles. The summed E-state index contributed by atoms with van der Waals surface area (Å²) in [6.07, 6.45) is -5.54. The number of halogens is 6. The number of carbonyl (C=O) groups excluding carboxylic acids is 1. The third-order valence-electron chi connectivity index (χ3n) is 7.15. The molecule has 2 saturated heterocycles. The van der Waals surface area contributed by atoms with Crippen molar-refractivity contribution in [3.05, 3.63) is 40.2 Å². The van der Waals surface area contributed by atoms with E-state index < -0.39 is 40.6 Å². The summed E-state index contributed by atoms with van der Waals surface area (Å²) < 4.78 is 85.3. The Hall–Kier alpha value is -3.76. The summed E-state index contributed by atoms with van der Waals surface area (Å²) in [5.74, 6) is 0.0131. The van der Waals surface area contributed by atoms with E-state index in [1.165, 1.54) is 0 Å². The Morgan fingerprint density at radius 1 is 1.07 bits per heavy atom. The Kier molecular flexibility index (Phi) is 7.18. The maximum atomic E-state index is 13.4. The summed E-state index contributed by atoms with van der Waals surface area (Å²) in [4.78, 5) is 36.2. The van der Waals surface area contributed by atoms with Gasteiger partial charge in [0.05, 0.1) is 55.0 Å². The van der Waals surface area contributed by atoms with Crippen molar-refractivity contribution in [2.75, 3.05) is 31.2 Å². The normalized spacial score (nSPS) is 20.4. The Morgan fingerprint density at radius 3 is 2.45 bits per heavy atom. The van der Waals surface area contributed by atoms with Crippen molar-refractivity contribution in [2.24, 2.45) is 0 Å². The van der Waals surface area contributed by atoms with E-state index in [4.69, 9.17) is 4.74 Å². The second kappa shape index (κ2) is 10.3. The van der Waals surface area contributed by atoms with Gasteiger partial charge in [-0.3, -0.25) is 14.3 Å². The lowest BCUT2D eigenvalue weighted by Gasteiger charge is -2.26. The highest BCUT2D eigenvalue weighted by Crippen LogP contribution is 2.35. The van der Waals surface area contributed by atoms with Crippen LogP contribution >= 0.6 is 0 Å². The molecule has 1 N–H and O–H groups in total. The maximum Gasteiger partial charge on any atom is 0.435 e. The minimum Gasteiger partial charge on any atom is -0.379 e. The number of nitrogens with one attached hydrogen (secondary N) is 1. The fourth-order valence-corrected chi connectivity index (χ4v) is 5.33. The molecule has 11 nitrogen and oxygen atoms in total. The van der Waals surface area contributed by atoms with Gasteiger partial charge >= 0.3 is 12.4 Å². The summed E-state index contributed by atoms with van der Waals surface area (Å²) in [6, 6.07) is -0.950. The van der Waals surface area contributed by atoms with E-state index in [9.17, 15) is 35.9 Å². The van der Waals surface area contributed by atoms with Gasteiger partial charge in [0.1, 0.15) is 5.39 Å². The molecule has 0 radical (unpaired) electrons. The van der Waals surface area contributed by atoms with Crippen LogP contribution in [0.3, 0.4) is 0 Å². The molecule has 2 fully saturated rings. The van der Waals surface area contributed by atoms with Gasteiger partial charge in [0.15, 0.2) is 5.69 Å². The van der Waals surface area contributed by atoms with Crippen LogP contribution < -0.4 is 10.5 Å². The summed E-state index contributed by atoms with van der Waals surface area (Å²) in [6.45, 7) is 2.46. The molecule has 3 aromatic heterocycles. The smallest absolute Gasteiger partial charge is 0.379 e. The molecule has 3 unspecified atom stereocenters. The van der Waals surface area contributed by atoms with E-state index in [1.54, 1.807) is 11.8 Å². The molecule has 0 spiro atoms. The van der Waals surface area contributed by atoms with Crippen LogP contribution in [0.2, 0.25) is 0 Å². The van der Waals surface area contributed by atoms with E-state index in [1.807, 2.05) is 10.00 Å². The quantitative estimate of drug-likeness (QED) is 0.338. The Balaban J connectivity index is 1.15. The van der Waals surface area contributed by atoms with Gasteiger partial charge in [0.2, 0.25) is 11.9 Å². The number of hydrogen-bond donors (Lipinski definition) is 1. The van der Waals surface area contributed by atoms with Crippen LogP contribution in [0.4, 0.5) is 32.3 Å². The van der Waals surface area contributed by atoms with Crippen LogP contribution in [-0.2, 0) is 21.9 Å². The zero-order valence-electron chi connectivity index (χ0n) is 21.0. The molecule has 40 heavy (non-hydrogen) atoms. The number of aromatic nitrogens is 6. The second-order valence-electron chi connectivity index (χ2n) is 9.69. The van der Waals surface area contributed by atoms with Gasteiger partial charge in [-0.2, -0.15) is 36.5 Å². The number of aromatic amines is 1. The number of alkyl halides is 6. The first-order chi connectivity index (χ1) is 18.9. The largest absolute Gasteiger partial charge is 0.435 e. The minimum atomic E-state index is -4.84. The average Bonchev–Trinajstić information content (AvgIpc) is 3.60. The van der Waals surface area contributed by atoms with E-state index in [0.717, 1.165) is 23.3 Å². The minimum absolute atomic E-state index is 0.00690. The van der Waals surface area contributed by atoms with Crippen LogP contribution in [-0.4, -0.2) is 79.1 Å². The van der Waals surface area contributed by atoms with Gasteiger partial charge in [-0.1, -0.05) is 0 Å². The van der Waals surface area contributed by atoms with Gasteiger partial charge in [-0.05, 0) is 19.8 Å². The molecular weight excluding hydrogens is 550 g/mol. The first-order valence-corrected chi connectivity index (χ1v) is 12.4. The molecule has 2 aliphatic heterocycles. The highest BCUT2D eigenvalue weighted by Gasteiger charge is 2.45. The molecule has 5 rings (SSSR count). The topological polar surface area (TPSA) is 122 Å².